The molecule has 2 N–H and O–H groups in total. The molecule has 1 saturated heterocycles. The van der Waals surface area contributed by atoms with Gasteiger partial charge in [-0.3, -0.25) is 4.79 Å². The average Bonchev–Trinajstić information content (AvgIpc) is 2.27. The van der Waals surface area contributed by atoms with Crippen LogP contribution in [0.2, 0.25) is 0 Å². The maximum atomic E-state index is 10.5. The molecule has 0 aromatic heterocycles. The predicted molar refractivity (Wildman–Crippen MR) is 62.4 cm³/mol. The van der Waals surface area contributed by atoms with E-state index in [2.05, 4.69) is 4.90 Å². The van der Waals surface area contributed by atoms with Crippen molar-refractivity contribution >= 4 is 5.97 Å². The highest BCUT2D eigenvalue weighted by atomic mass is 16.4. The first-order valence-corrected chi connectivity index (χ1v) is 6.27. The van der Waals surface area contributed by atoms with Gasteiger partial charge in [-0.25, -0.2) is 0 Å². The Morgan fingerprint density at radius 2 is 2.19 bits per heavy atom. The Morgan fingerprint density at radius 3 is 2.88 bits per heavy atom. The Hall–Kier alpha value is -0.610. The first kappa shape index (κ1) is 13.5. The molecule has 4 nitrogen and oxygen atoms in total. The minimum atomic E-state index is -0.683. The van der Waals surface area contributed by atoms with Gasteiger partial charge in [-0.15, -0.1) is 0 Å². The van der Waals surface area contributed by atoms with Crippen molar-refractivity contribution in [2.75, 3.05) is 26.2 Å². The van der Waals surface area contributed by atoms with E-state index in [0.717, 1.165) is 38.9 Å². The fourth-order valence-electron chi connectivity index (χ4n) is 2.36. The SMILES string of the molecule is O=C(O)CCC1CCCN(CCCCO)C1. The lowest BCUT2D eigenvalue weighted by Crippen LogP contribution is -2.36. The topological polar surface area (TPSA) is 60.8 Å². The summed E-state index contributed by atoms with van der Waals surface area (Å²) in [5.41, 5.74) is 0. The second-order valence-corrected chi connectivity index (χ2v) is 4.67. The third-order valence-corrected chi connectivity index (χ3v) is 3.25. The van der Waals surface area contributed by atoms with Crippen molar-refractivity contribution in [3.05, 3.63) is 0 Å². The number of carboxylic acid groups (broad SMARTS) is 1. The molecular formula is C12H23NO3. The van der Waals surface area contributed by atoms with Crippen LogP contribution >= 0.6 is 0 Å². The molecule has 1 heterocycles. The number of nitrogens with zero attached hydrogens (tertiary/aromatic N) is 1. The summed E-state index contributed by atoms with van der Waals surface area (Å²) in [5.74, 6) is -0.128. The van der Waals surface area contributed by atoms with E-state index in [0.29, 0.717) is 12.3 Å². The smallest absolute Gasteiger partial charge is 0.303 e. The van der Waals surface area contributed by atoms with E-state index in [-0.39, 0.29) is 6.61 Å². The highest BCUT2D eigenvalue weighted by molar-refractivity contribution is 5.66. The summed E-state index contributed by atoms with van der Waals surface area (Å²) in [5, 5.41) is 17.4. The minimum absolute atomic E-state index is 0.274. The Morgan fingerprint density at radius 1 is 1.38 bits per heavy atom. The molecule has 0 amide bonds. The number of unbranched alkanes of at least 4 members (excludes halogenated alkanes) is 1. The van der Waals surface area contributed by atoms with Crippen molar-refractivity contribution < 1.29 is 15.0 Å². The Balaban J connectivity index is 2.16. The number of hydrogen-bond acceptors (Lipinski definition) is 3. The molecule has 1 atom stereocenters. The molecule has 94 valence electrons. The highest BCUT2D eigenvalue weighted by Crippen LogP contribution is 2.21. The minimum Gasteiger partial charge on any atom is -0.481 e. The van der Waals surface area contributed by atoms with Gasteiger partial charge in [0.15, 0.2) is 0 Å². The number of aliphatic hydroxyl groups is 1. The van der Waals surface area contributed by atoms with Crippen LogP contribution in [0.25, 0.3) is 0 Å². The highest BCUT2D eigenvalue weighted by Gasteiger charge is 2.19. The van der Waals surface area contributed by atoms with E-state index in [1.54, 1.807) is 0 Å². The van der Waals surface area contributed by atoms with Gasteiger partial charge < -0.3 is 15.1 Å². The van der Waals surface area contributed by atoms with E-state index < -0.39 is 5.97 Å². The summed E-state index contributed by atoms with van der Waals surface area (Å²) in [6.07, 6.45) is 5.38. The summed E-state index contributed by atoms with van der Waals surface area (Å²) in [6.45, 7) is 3.49. The molecule has 0 aromatic rings. The van der Waals surface area contributed by atoms with Gasteiger partial charge in [-0.1, -0.05) is 0 Å². The maximum absolute atomic E-state index is 10.5. The van der Waals surface area contributed by atoms with Crippen LogP contribution in [-0.2, 0) is 4.79 Å². The standard InChI is InChI=1S/C12H23NO3/c14-9-2-1-7-13-8-3-4-11(10-13)5-6-12(15)16/h11,14H,1-10H2,(H,15,16). The zero-order valence-electron chi connectivity index (χ0n) is 9.90. The van der Waals surface area contributed by atoms with Gasteiger partial charge in [-0.2, -0.15) is 0 Å². The first-order chi connectivity index (χ1) is 7.72. The lowest BCUT2D eigenvalue weighted by molar-refractivity contribution is -0.137. The number of carbonyl (C=O) groups is 1. The fraction of sp³-hybridized carbons (Fsp3) is 0.917. The second-order valence-electron chi connectivity index (χ2n) is 4.67. The number of likely N-dealkylation sites (tertiary alicyclic amines) is 1. The van der Waals surface area contributed by atoms with Crippen LogP contribution in [0.1, 0.15) is 38.5 Å². The number of rotatable bonds is 7. The molecule has 1 aliphatic rings. The number of aliphatic hydroxyl groups excluding tert-OH is 1. The van der Waals surface area contributed by atoms with Crippen LogP contribution < -0.4 is 0 Å². The molecule has 0 saturated carbocycles. The van der Waals surface area contributed by atoms with Crippen molar-refractivity contribution in [1.29, 1.82) is 0 Å². The van der Waals surface area contributed by atoms with Crippen molar-refractivity contribution in [3.63, 3.8) is 0 Å². The van der Waals surface area contributed by atoms with E-state index in [1.165, 1.54) is 12.8 Å². The third-order valence-electron chi connectivity index (χ3n) is 3.25. The lowest BCUT2D eigenvalue weighted by atomic mass is 9.93. The molecule has 0 spiro atoms. The Kier molecular flexibility index (Phi) is 6.42. The summed E-state index contributed by atoms with van der Waals surface area (Å²) >= 11 is 0. The van der Waals surface area contributed by atoms with E-state index in [9.17, 15) is 4.79 Å². The van der Waals surface area contributed by atoms with E-state index in [1.807, 2.05) is 0 Å². The molecule has 1 rings (SSSR count). The zero-order chi connectivity index (χ0) is 11.8. The van der Waals surface area contributed by atoms with E-state index >= 15 is 0 Å². The Bertz CT molecular complexity index is 208. The quantitative estimate of drug-likeness (QED) is 0.647. The zero-order valence-corrected chi connectivity index (χ0v) is 9.90. The largest absolute Gasteiger partial charge is 0.481 e. The number of piperidine rings is 1. The summed E-state index contributed by atoms with van der Waals surface area (Å²) in [4.78, 5) is 12.9. The molecular weight excluding hydrogens is 206 g/mol. The van der Waals surface area contributed by atoms with Gasteiger partial charge in [-0.05, 0) is 51.1 Å². The maximum Gasteiger partial charge on any atom is 0.303 e. The van der Waals surface area contributed by atoms with Crippen LogP contribution in [0.3, 0.4) is 0 Å². The van der Waals surface area contributed by atoms with Crippen molar-refractivity contribution in [2.24, 2.45) is 5.92 Å². The Labute approximate surface area is 97.3 Å². The average molecular weight is 229 g/mol. The predicted octanol–water partition coefficient (Wildman–Crippen LogP) is 1.34. The van der Waals surface area contributed by atoms with Gasteiger partial charge in [0.25, 0.3) is 0 Å². The molecule has 0 aliphatic carbocycles. The second kappa shape index (κ2) is 7.63. The van der Waals surface area contributed by atoms with Crippen LogP contribution in [-0.4, -0.2) is 47.3 Å². The number of hydrogen-bond donors (Lipinski definition) is 2. The van der Waals surface area contributed by atoms with Crippen LogP contribution in [0, 0.1) is 5.92 Å². The molecule has 4 heteroatoms. The fourth-order valence-corrected chi connectivity index (χ4v) is 2.36. The van der Waals surface area contributed by atoms with Crippen molar-refractivity contribution in [3.8, 4) is 0 Å². The summed E-state index contributed by atoms with van der Waals surface area (Å²) in [7, 11) is 0. The first-order valence-electron chi connectivity index (χ1n) is 6.27. The van der Waals surface area contributed by atoms with Crippen LogP contribution in [0.15, 0.2) is 0 Å². The van der Waals surface area contributed by atoms with Gasteiger partial charge in [0.1, 0.15) is 0 Å². The molecule has 16 heavy (non-hydrogen) atoms. The normalized spacial score (nSPS) is 22.2. The van der Waals surface area contributed by atoms with Gasteiger partial charge in [0.2, 0.25) is 0 Å². The molecule has 0 radical (unpaired) electrons. The molecule has 0 aromatic carbocycles. The van der Waals surface area contributed by atoms with E-state index in [4.69, 9.17) is 10.2 Å². The van der Waals surface area contributed by atoms with Crippen LogP contribution in [0.4, 0.5) is 0 Å². The van der Waals surface area contributed by atoms with Crippen molar-refractivity contribution in [2.45, 2.75) is 38.5 Å². The summed E-state index contributed by atoms with van der Waals surface area (Å²) < 4.78 is 0. The number of aliphatic carboxylic acids is 1. The van der Waals surface area contributed by atoms with Gasteiger partial charge in [0, 0.05) is 19.6 Å². The third kappa shape index (κ3) is 5.47. The lowest BCUT2D eigenvalue weighted by Gasteiger charge is -2.32. The molecule has 0 bridgehead atoms. The van der Waals surface area contributed by atoms with Crippen molar-refractivity contribution in [1.82, 2.24) is 4.90 Å². The van der Waals surface area contributed by atoms with Crippen LogP contribution in [0.5, 0.6) is 0 Å². The molecule has 1 unspecified atom stereocenters. The monoisotopic (exact) mass is 229 g/mol. The van der Waals surface area contributed by atoms with Gasteiger partial charge >= 0.3 is 5.97 Å². The summed E-state index contributed by atoms with van der Waals surface area (Å²) in [6, 6.07) is 0. The van der Waals surface area contributed by atoms with Gasteiger partial charge in [0.05, 0.1) is 0 Å². The molecule has 1 fully saturated rings. The molecule has 1 aliphatic heterocycles. The number of carboxylic acids is 1.